The summed E-state index contributed by atoms with van der Waals surface area (Å²) in [6.07, 6.45) is 3.98. The quantitative estimate of drug-likeness (QED) is 0.855. The van der Waals surface area contributed by atoms with E-state index < -0.39 is 0 Å². The van der Waals surface area contributed by atoms with Gasteiger partial charge in [0.15, 0.2) is 10.8 Å². The van der Waals surface area contributed by atoms with Gasteiger partial charge in [-0.05, 0) is 25.0 Å². The van der Waals surface area contributed by atoms with Crippen LogP contribution in [0.25, 0.3) is 11.2 Å². The number of aromatic amines is 1. The van der Waals surface area contributed by atoms with Gasteiger partial charge in [-0.2, -0.15) is 0 Å². The fourth-order valence-electron chi connectivity index (χ4n) is 2.08. The normalized spacial score (nSPS) is 15.4. The Morgan fingerprint density at radius 3 is 3.06 bits per heavy atom. The molecule has 0 radical (unpaired) electrons. The molecule has 0 bridgehead atoms. The molecule has 1 amide bonds. The molecule has 0 unspecified atom stereocenters. The van der Waals surface area contributed by atoms with Gasteiger partial charge in [-0.25, -0.2) is 9.97 Å². The fraction of sp³-hybridized carbons (Fsp3) is 0.417. The lowest BCUT2D eigenvalue weighted by Gasteiger charge is -2.13. The minimum absolute atomic E-state index is 0.200. The zero-order valence-corrected chi connectivity index (χ0v) is 10.7. The summed E-state index contributed by atoms with van der Waals surface area (Å²) in [6, 6.07) is 3.80. The third kappa shape index (κ3) is 2.33. The van der Waals surface area contributed by atoms with Crippen molar-refractivity contribution in [1.82, 2.24) is 19.9 Å². The Balaban J connectivity index is 1.63. The van der Waals surface area contributed by atoms with E-state index in [1.54, 1.807) is 6.20 Å². The lowest BCUT2D eigenvalue weighted by atomic mass is 10.4. The van der Waals surface area contributed by atoms with Crippen molar-refractivity contribution in [2.45, 2.75) is 18.0 Å². The van der Waals surface area contributed by atoms with Gasteiger partial charge in [0.1, 0.15) is 0 Å². The van der Waals surface area contributed by atoms with Crippen LogP contribution in [0.2, 0.25) is 0 Å². The molecule has 3 rings (SSSR count). The molecule has 1 N–H and O–H groups in total. The monoisotopic (exact) mass is 262 g/mol. The van der Waals surface area contributed by atoms with Gasteiger partial charge in [0.2, 0.25) is 5.91 Å². The first kappa shape index (κ1) is 11.5. The van der Waals surface area contributed by atoms with Crippen molar-refractivity contribution in [3.05, 3.63) is 18.3 Å². The second-order valence-corrected chi connectivity index (χ2v) is 5.26. The molecule has 94 valence electrons. The Morgan fingerprint density at radius 1 is 1.44 bits per heavy atom. The number of thioether (sulfide) groups is 1. The molecule has 0 saturated carbocycles. The zero-order chi connectivity index (χ0) is 12.4. The van der Waals surface area contributed by atoms with Gasteiger partial charge in [0, 0.05) is 19.3 Å². The molecule has 1 aliphatic rings. The lowest BCUT2D eigenvalue weighted by molar-refractivity contribution is -0.127. The van der Waals surface area contributed by atoms with Crippen LogP contribution in [0.3, 0.4) is 0 Å². The van der Waals surface area contributed by atoms with Crippen molar-refractivity contribution in [2.24, 2.45) is 0 Å². The number of nitrogens with zero attached hydrogens (tertiary/aromatic N) is 3. The predicted octanol–water partition coefficient (Wildman–Crippen LogP) is 1.67. The smallest absolute Gasteiger partial charge is 0.233 e. The molecule has 2 aromatic heterocycles. The van der Waals surface area contributed by atoms with Crippen molar-refractivity contribution in [3.63, 3.8) is 0 Å². The number of rotatable bonds is 3. The van der Waals surface area contributed by atoms with Crippen molar-refractivity contribution in [1.29, 1.82) is 0 Å². The number of amides is 1. The number of hydrogen-bond donors (Lipinski definition) is 1. The predicted molar refractivity (Wildman–Crippen MR) is 70.4 cm³/mol. The highest BCUT2D eigenvalue weighted by Gasteiger charge is 2.18. The van der Waals surface area contributed by atoms with Crippen LogP contribution in [0.5, 0.6) is 0 Å². The van der Waals surface area contributed by atoms with Gasteiger partial charge in [-0.1, -0.05) is 11.8 Å². The number of H-pyrrole nitrogens is 1. The molecule has 0 atom stereocenters. The Kier molecular flexibility index (Phi) is 3.19. The van der Waals surface area contributed by atoms with Gasteiger partial charge in [0.25, 0.3) is 0 Å². The molecule has 0 spiro atoms. The maximum absolute atomic E-state index is 11.9. The van der Waals surface area contributed by atoms with Gasteiger partial charge in [-0.15, -0.1) is 0 Å². The summed E-state index contributed by atoms with van der Waals surface area (Å²) in [7, 11) is 0. The molecule has 6 heteroatoms. The molecule has 0 aromatic carbocycles. The summed E-state index contributed by atoms with van der Waals surface area (Å²) in [5.74, 6) is 0.644. The van der Waals surface area contributed by atoms with Crippen LogP contribution < -0.4 is 0 Å². The van der Waals surface area contributed by atoms with Crippen LogP contribution in [-0.4, -0.2) is 44.6 Å². The highest BCUT2D eigenvalue weighted by atomic mass is 32.2. The van der Waals surface area contributed by atoms with E-state index in [4.69, 9.17) is 0 Å². The average molecular weight is 262 g/mol. The Bertz CT molecular complexity index is 529. The van der Waals surface area contributed by atoms with E-state index in [0.29, 0.717) is 11.4 Å². The van der Waals surface area contributed by atoms with Gasteiger partial charge < -0.3 is 9.88 Å². The van der Waals surface area contributed by atoms with Crippen molar-refractivity contribution in [2.75, 3.05) is 18.8 Å². The summed E-state index contributed by atoms with van der Waals surface area (Å²) < 4.78 is 0. The van der Waals surface area contributed by atoms with E-state index in [1.165, 1.54) is 11.8 Å². The molecule has 1 fully saturated rings. The summed E-state index contributed by atoms with van der Waals surface area (Å²) in [5, 5.41) is 0.760. The van der Waals surface area contributed by atoms with Crippen LogP contribution in [0.15, 0.2) is 23.5 Å². The first-order chi connectivity index (χ1) is 8.83. The van der Waals surface area contributed by atoms with Crippen molar-refractivity contribution < 1.29 is 4.79 Å². The van der Waals surface area contributed by atoms with E-state index in [9.17, 15) is 4.79 Å². The summed E-state index contributed by atoms with van der Waals surface area (Å²) in [4.78, 5) is 25.5. The van der Waals surface area contributed by atoms with Crippen molar-refractivity contribution >= 4 is 28.8 Å². The molecule has 18 heavy (non-hydrogen) atoms. The van der Waals surface area contributed by atoms with Gasteiger partial charge in [-0.3, -0.25) is 4.79 Å². The second-order valence-electron chi connectivity index (χ2n) is 4.29. The molecular formula is C12H14N4OS. The number of fused-ring (bicyclic) bond motifs is 1. The zero-order valence-electron chi connectivity index (χ0n) is 9.93. The maximum Gasteiger partial charge on any atom is 0.233 e. The minimum atomic E-state index is 0.200. The highest BCUT2D eigenvalue weighted by molar-refractivity contribution is 7.99. The molecule has 5 nitrogen and oxygen atoms in total. The topological polar surface area (TPSA) is 61.9 Å². The lowest BCUT2D eigenvalue weighted by Crippen LogP contribution is -2.29. The first-order valence-electron chi connectivity index (χ1n) is 6.04. The largest absolute Gasteiger partial charge is 0.342 e. The maximum atomic E-state index is 11.9. The number of imidazole rings is 1. The standard InChI is InChI=1S/C12H14N4OS/c17-10(16-6-1-2-7-16)8-18-12-14-9-4-3-5-13-11(9)15-12/h3-5H,1-2,6-8H2,(H,13,14,15). The van der Waals surface area contributed by atoms with Crippen LogP contribution in [0.1, 0.15) is 12.8 Å². The second kappa shape index (κ2) is 4.97. The van der Waals surface area contributed by atoms with Crippen LogP contribution in [-0.2, 0) is 4.79 Å². The summed E-state index contributed by atoms with van der Waals surface area (Å²) >= 11 is 1.44. The molecule has 2 aromatic rings. The number of hydrogen-bond acceptors (Lipinski definition) is 4. The third-order valence-corrected chi connectivity index (χ3v) is 3.88. The van der Waals surface area contributed by atoms with Crippen LogP contribution in [0, 0.1) is 0 Å². The van der Waals surface area contributed by atoms with E-state index in [2.05, 4.69) is 15.0 Å². The third-order valence-electron chi connectivity index (χ3n) is 3.03. The Hall–Kier alpha value is -1.56. The Labute approximate surface area is 109 Å². The molecule has 1 aliphatic heterocycles. The van der Waals surface area contributed by atoms with Gasteiger partial charge in [0.05, 0.1) is 11.3 Å². The first-order valence-corrected chi connectivity index (χ1v) is 7.03. The average Bonchev–Trinajstić information content (AvgIpc) is 3.04. The van der Waals surface area contributed by atoms with Crippen LogP contribution >= 0.6 is 11.8 Å². The number of nitrogens with one attached hydrogen (secondary N) is 1. The van der Waals surface area contributed by atoms with E-state index in [-0.39, 0.29) is 5.91 Å². The molecule has 1 saturated heterocycles. The minimum Gasteiger partial charge on any atom is -0.342 e. The number of carbonyl (C=O) groups is 1. The Morgan fingerprint density at radius 2 is 2.28 bits per heavy atom. The SMILES string of the molecule is O=C(CSc1nc2ncccc2[nH]1)N1CCCC1. The number of pyridine rings is 1. The van der Waals surface area contributed by atoms with Crippen LogP contribution in [0.4, 0.5) is 0 Å². The number of aromatic nitrogens is 3. The molecule has 0 aliphatic carbocycles. The number of likely N-dealkylation sites (tertiary alicyclic amines) is 1. The van der Waals surface area contributed by atoms with E-state index in [1.807, 2.05) is 17.0 Å². The number of carbonyl (C=O) groups excluding carboxylic acids is 1. The fourth-order valence-corrected chi connectivity index (χ4v) is 2.86. The molecular weight excluding hydrogens is 248 g/mol. The summed E-state index contributed by atoms with van der Waals surface area (Å²) in [6.45, 7) is 1.81. The summed E-state index contributed by atoms with van der Waals surface area (Å²) in [5.41, 5.74) is 1.61. The van der Waals surface area contributed by atoms with Gasteiger partial charge >= 0.3 is 0 Å². The van der Waals surface area contributed by atoms with E-state index in [0.717, 1.165) is 36.6 Å². The molecule has 3 heterocycles. The highest BCUT2D eigenvalue weighted by Crippen LogP contribution is 2.19. The van der Waals surface area contributed by atoms with Crippen molar-refractivity contribution in [3.8, 4) is 0 Å². The van der Waals surface area contributed by atoms with E-state index >= 15 is 0 Å².